The Labute approximate surface area is 103 Å². The standard InChI is InChI=1S/C13H21N3O/c1-12(13-3-2-4-14-11-13)15-5-6-16-7-9-17-10-8-16/h2-4,11-12,15H,5-10H2,1H3/t12-/m0/s1. The van der Waals surface area contributed by atoms with Gasteiger partial charge in [-0.2, -0.15) is 0 Å². The van der Waals surface area contributed by atoms with Crippen LogP contribution < -0.4 is 5.32 Å². The topological polar surface area (TPSA) is 37.4 Å². The van der Waals surface area contributed by atoms with E-state index in [4.69, 9.17) is 4.74 Å². The molecular formula is C13H21N3O. The average Bonchev–Trinajstić information content (AvgIpc) is 2.41. The van der Waals surface area contributed by atoms with E-state index in [-0.39, 0.29) is 0 Å². The lowest BCUT2D eigenvalue weighted by Gasteiger charge is -2.27. The van der Waals surface area contributed by atoms with E-state index in [0.29, 0.717) is 6.04 Å². The van der Waals surface area contributed by atoms with Crippen molar-refractivity contribution in [3.05, 3.63) is 30.1 Å². The number of hydrogen-bond donors (Lipinski definition) is 1. The Hall–Kier alpha value is -0.970. The van der Waals surface area contributed by atoms with Gasteiger partial charge in [0.05, 0.1) is 13.2 Å². The van der Waals surface area contributed by atoms with Crippen molar-refractivity contribution < 1.29 is 4.74 Å². The summed E-state index contributed by atoms with van der Waals surface area (Å²) in [5.74, 6) is 0. The van der Waals surface area contributed by atoms with E-state index in [0.717, 1.165) is 39.4 Å². The zero-order chi connectivity index (χ0) is 11.9. The molecule has 0 bridgehead atoms. The van der Waals surface area contributed by atoms with Crippen LogP contribution in [0.2, 0.25) is 0 Å². The Morgan fingerprint density at radius 3 is 3.00 bits per heavy atom. The van der Waals surface area contributed by atoms with Crippen LogP contribution in [-0.2, 0) is 4.74 Å². The fourth-order valence-corrected chi connectivity index (χ4v) is 2.01. The van der Waals surface area contributed by atoms with Crippen LogP contribution in [0.1, 0.15) is 18.5 Å². The highest BCUT2D eigenvalue weighted by molar-refractivity contribution is 5.12. The van der Waals surface area contributed by atoms with Gasteiger partial charge in [0.15, 0.2) is 0 Å². The van der Waals surface area contributed by atoms with Crippen LogP contribution in [0, 0.1) is 0 Å². The fourth-order valence-electron chi connectivity index (χ4n) is 2.01. The number of ether oxygens (including phenoxy) is 1. The molecule has 1 saturated heterocycles. The fraction of sp³-hybridized carbons (Fsp3) is 0.615. The maximum absolute atomic E-state index is 5.33. The molecule has 0 spiro atoms. The summed E-state index contributed by atoms with van der Waals surface area (Å²) in [7, 11) is 0. The Morgan fingerprint density at radius 2 is 2.29 bits per heavy atom. The lowest BCUT2D eigenvalue weighted by Crippen LogP contribution is -2.40. The highest BCUT2D eigenvalue weighted by atomic mass is 16.5. The number of pyridine rings is 1. The molecule has 0 unspecified atom stereocenters. The van der Waals surface area contributed by atoms with Gasteiger partial charge < -0.3 is 10.1 Å². The van der Waals surface area contributed by atoms with E-state index >= 15 is 0 Å². The first-order valence-corrected chi connectivity index (χ1v) is 6.29. The van der Waals surface area contributed by atoms with Crippen LogP contribution in [0.3, 0.4) is 0 Å². The van der Waals surface area contributed by atoms with E-state index in [2.05, 4.69) is 28.2 Å². The summed E-state index contributed by atoms with van der Waals surface area (Å²) in [6, 6.07) is 4.46. The zero-order valence-corrected chi connectivity index (χ0v) is 10.4. The highest BCUT2D eigenvalue weighted by Crippen LogP contribution is 2.09. The number of nitrogens with one attached hydrogen (secondary N) is 1. The van der Waals surface area contributed by atoms with Gasteiger partial charge in [-0.05, 0) is 18.6 Å². The first kappa shape index (κ1) is 12.5. The van der Waals surface area contributed by atoms with Crippen LogP contribution in [0.25, 0.3) is 0 Å². The molecular weight excluding hydrogens is 214 g/mol. The average molecular weight is 235 g/mol. The molecule has 0 aliphatic carbocycles. The quantitative estimate of drug-likeness (QED) is 0.828. The highest BCUT2D eigenvalue weighted by Gasteiger charge is 2.10. The molecule has 1 aliphatic heterocycles. The van der Waals surface area contributed by atoms with E-state index in [9.17, 15) is 0 Å². The van der Waals surface area contributed by atoms with Crippen molar-refractivity contribution in [2.75, 3.05) is 39.4 Å². The molecule has 0 saturated carbocycles. The van der Waals surface area contributed by atoms with E-state index in [1.807, 2.05) is 18.5 Å². The Bertz CT molecular complexity index is 312. The molecule has 0 aromatic carbocycles. The molecule has 1 aliphatic rings. The van der Waals surface area contributed by atoms with Gasteiger partial charge in [-0.3, -0.25) is 9.88 Å². The minimum absolute atomic E-state index is 0.366. The van der Waals surface area contributed by atoms with Crippen LogP contribution in [0.15, 0.2) is 24.5 Å². The Morgan fingerprint density at radius 1 is 1.47 bits per heavy atom. The molecule has 4 heteroatoms. The minimum Gasteiger partial charge on any atom is -0.379 e. The number of aromatic nitrogens is 1. The van der Waals surface area contributed by atoms with Gasteiger partial charge in [0, 0.05) is 44.6 Å². The summed E-state index contributed by atoms with van der Waals surface area (Å²) >= 11 is 0. The predicted molar refractivity (Wildman–Crippen MR) is 67.9 cm³/mol. The molecule has 17 heavy (non-hydrogen) atoms. The molecule has 1 N–H and O–H groups in total. The number of rotatable bonds is 5. The van der Waals surface area contributed by atoms with Crippen molar-refractivity contribution in [3.63, 3.8) is 0 Å². The number of hydrogen-bond acceptors (Lipinski definition) is 4. The summed E-state index contributed by atoms with van der Waals surface area (Å²) in [5, 5.41) is 3.52. The smallest absolute Gasteiger partial charge is 0.0594 e. The van der Waals surface area contributed by atoms with Gasteiger partial charge in [-0.25, -0.2) is 0 Å². The summed E-state index contributed by atoms with van der Waals surface area (Å²) in [5.41, 5.74) is 1.24. The SMILES string of the molecule is C[C@H](NCCN1CCOCC1)c1cccnc1. The molecule has 4 nitrogen and oxygen atoms in total. The van der Waals surface area contributed by atoms with Gasteiger partial charge in [0.1, 0.15) is 0 Å². The van der Waals surface area contributed by atoms with Crippen LogP contribution >= 0.6 is 0 Å². The number of morpholine rings is 1. The summed E-state index contributed by atoms with van der Waals surface area (Å²) < 4.78 is 5.33. The third-order valence-electron chi connectivity index (χ3n) is 3.17. The maximum Gasteiger partial charge on any atom is 0.0594 e. The molecule has 2 heterocycles. The summed E-state index contributed by atoms with van der Waals surface area (Å²) in [6.07, 6.45) is 3.73. The predicted octanol–water partition coefficient (Wildman–Crippen LogP) is 1.06. The number of nitrogens with zero attached hydrogens (tertiary/aromatic N) is 2. The zero-order valence-electron chi connectivity index (χ0n) is 10.4. The molecule has 1 aromatic heterocycles. The van der Waals surface area contributed by atoms with Crippen molar-refractivity contribution in [3.8, 4) is 0 Å². The van der Waals surface area contributed by atoms with Crippen molar-refractivity contribution in [1.82, 2.24) is 15.2 Å². The van der Waals surface area contributed by atoms with Gasteiger partial charge in [0.2, 0.25) is 0 Å². The van der Waals surface area contributed by atoms with Gasteiger partial charge >= 0.3 is 0 Å². The third-order valence-corrected chi connectivity index (χ3v) is 3.17. The van der Waals surface area contributed by atoms with E-state index in [1.54, 1.807) is 0 Å². The van der Waals surface area contributed by atoms with Crippen molar-refractivity contribution >= 4 is 0 Å². The second-order valence-electron chi connectivity index (χ2n) is 4.42. The Kier molecular flexibility index (Phi) is 4.91. The lowest BCUT2D eigenvalue weighted by atomic mass is 10.1. The lowest BCUT2D eigenvalue weighted by molar-refractivity contribution is 0.0382. The van der Waals surface area contributed by atoms with Crippen molar-refractivity contribution in [2.24, 2.45) is 0 Å². The van der Waals surface area contributed by atoms with Crippen LogP contribution in [0.4, 0.5) is 0 Å². The molecule has 2 rings (SSSR count). The molecule has 1 atom stereocenters. The maximum atomic E-state index is 5.33. The van der Waals surface area contributed by atoms with Crippen LogP contribution in [0.5, 0.6) is 0 Å². The molecule has 94 valence electrons. The van der Waals surface area contributed by atoms with Crippen LogP contribution in [-0.4, -0.2) is 49.3 Å². The first-order chi connectivity index (χ1) is 8.36. The monoisotopic (exact) mass is 235 g/mol. The molecule has 1 fully saturated rings. The summed E-state index contributed by atoms with van der Waals surface area (Å²) in [4.78, 5) is 6.57. The van der Waals surface area contributed by atoms with Gasteiger partial charge in [-0.15, -0.1) is 0 Å². The first-order valence-electron chi connectivity index (χ1n) is 6.29. The molecule has 0 amide bonds. The summed E-state index contributed by atoms with van der Waals surface area (Å²) in [6.45, 7) is 8.14. The van der Waals surface area contributed by atoms with E-state index in [1.165, 1.54) is 5.56 Å². The second kappa shape index (κ2) is 6.69. The third kappa shape index (κ3) is 4.07. The van der Waals surface area contributed by atoms with E-state index < -0.39 is 0 Å². The second-order valence-corrected chi connectivity index (χ2v) is 4.42. The van der Waals surface area contributed by atoms with Gasteiger partial charge in [0.25, 0.3) is 0 Å². The normalized spacial score (nSPS) is 19.1. The Balaban J connectivity index is 1.67. The van der Waals surface area contributed by atoms with Crippen molar-refractivity contribution in [2.45, 2.75) is 13.0 Å². The molecule has 1 aromatic rings. The minimum atomic E-state index is 0.366. The van der Waals surface area contributed by atoms with Crippen molar-refractivity contribution in [1.29, 1.82) is 0 Å². The largest absolute Gasteiger partial charge is 0.379 e. The van der Waals surface area contributed by atoms with Gasteiger partial charge in [-0.1, -0.05) is 6.07 Å². The molecule has 0 radical (unpaired) electrons.